The standard InChI is InChI=1S/C16H14BrN3O/c1-9-5-12(6-10(2)15(9)17)20-16(21)11-3-4-13-14(7-11)19-8-18-13/h3-8H,1-2H3,(H,18,19)(H,20,21). The zero-order chi connectivity index (χ0) is 15.0. The number of benzene rings is 2. The van der Waals surface area contributed by atoms with E-state index in [0.717, 1.165) is 32.3 Å². The first-order valence-electron chi connectivity index (χ1n) is 6.56. The van der Waals surface area contributed by atoms with Gasteiger partial charge in [-0.05, 0) is 55.3 Å². The topological polar surface area (TPSA) is 57.8 Å². The summed E-state index contributed by atoms with van der Waals surface area (Å²) in [5, 5.41) is 2.93. The van der Waals surface area contributed by atoms with Crippen LogP contribution >= 0.6 is 15.9 Å². The largest absolute Gasteiger partial charge is 0.345 e. The van der Waals surface area contributed by atoms with E-state index in [1.165, 1.54) is 0 Å². The molecule has 2 N–H and O–H groups in total. The van der Waals surface area contributed by atoms with Gasteiger partial charge in [-0.25, -0.2) is 4.98 Å². The number of hydrogen-bond donors (Lipinski definition) is 2. The number of amides is 1. The van der Waals surface area contributed by atoms with Gasteiger partial charge >= 0.3 is 0 Å². The summed E-state index contributed by atoms with van der Waals surface area (Å²) < 4.78 is 1.07. The molecule has 21 heavy (non-hydrogen) atoms. The van der Waals surface area contributed by atoms with Gasteiger partial charge in [-0.2, -0.15) is 0 Å². The van der Waals surface area contributed by atoms with Gasteiger partial charge in [0, 0.05) is 15.7 Å². The molecule has 4 nitrogen and oxygen atoms in total. The minimum atomic E-state index is -0.132. The molecule has 3 rings (SSSR count). The number of carbonyl (C=O) groups is 1. The highest BCUT2D eigenvalue weighted by Crippen LogP contribution is 2.25. The number of halogens is 1. The fourth-order valence-corrected chi connectivity index (χ4v) is 2.53. The van der Waals surface area contributed by atoms with E-state index in [2.05, 4.69) is 31.2 Å². The van der Waals surface area contributed by atoms with Gasteiger partial charge in [0.1, 0.15) is 0 Å². The maximum Gasteiger partial charge on any atom is 0.255 e. The molecule has 0 aliphatic heterocycles. The second-order valence-electron chi connectivity index (χ2n) is 5.01. The Labute approximate surface area is 130 Å². The Morgan fingerprint density at radius 2 is 1.90 bits per heavy atom. The zero-order valence-electron chi connectivity index (χ0n) is 11.7. The van der Waals surface area contributed by atoms with Crippen LogP contribution < -0.4 is 5.32 Å². The lowest BCUT2D eigenvalue weighted by molar-refractivity contribution is 0.102. The van der Waals surface area contributed by atoms with Crippen molar-refractivity contribution >= 4 is 38.6 Å². The van der Waals surface area contributed by atoms with E-state index in [0.29, 0.717) is 5.56 Å². The number of imidazole rings is 1. The van der Waals surface area contributed by atoms with Crippen LogP contribution in [0.25, 0.3) is 11.0 Å². The molecule has 106 valence electrons. The van der Waals surface area contributed by atoms with Crippen molar-refractivity contribution in [2.24, 2.45) is 0 Å². The summed E-state index contributed by atoms with van der Waals surface area (Å²) in [5.41, 5.74) is 5.28. The molecule has 3 aromatic rings. The number of aryl methyl sites for hydroxylation is 2. The van der Waals surface area contributed by atoms with E-state index in [-0.39, 0.29) is 5.91 Å². The van der Waals surface area contributed by atoms with E-state index in [4.69, 9.17) is 0 Å². The number of hydrogen-bond acceptors (Lipinski definition) is 2. The Morgan fingerprint density at radius 1 is 1.19 bits per heavy atom. The quantitative estimate of drug-likeness (QED) is 0.732. The van der Waals surface area contributed by atoms with Crippen molar-refractivity contribution in [3.05, 3.63) is 57.8 Å². The van der Waals surface area contributed by atoms with Crippen molar-refractivity contribution in [2.45, 2.75) is 13.8 Å². The number of anilines is 1. The molecule has 0 bridgehead atoms. The highest BCUT2D eigenvalue weighted by atomic mass is 79.9. The van der Waals surface area contributed by atoms with Crippen LogP contribution in [-0.2, 0) is 0 Å². The zero-order valence-corrected chi connectivity index (χ0v) is 13.3. The molecule has 0 atom stereocenters. The first kappa shape index (κ1) is 13.8. The highest BCUT2D eigenvalue weighted by molar-refractivity contribution is 9.10. The van der Waals surface area contributed by atoms with Crippen LogP contribution in [0.1, 0.15) is 21.5 Å². The summed E-state index contributed by atoms with van der Waals surface area (Å²) in [6.45, 7) is 4.01. The molecule has 0 saturated heterocycles. The van der Waals surface area contributed by atoms with Gasteiger partial charge in [0.15, 0.2) is 0 Å². The second-order valence-corrected chi connectivity index (χ2v) is 5.81. The Morgan fingerprint density at radius 3 is 2.62 bits per heavy atom. The molecule has 1 aromatic heterocycles. The van der Waals surface area contributed by atoms with Crippen LogP contribution in [0.5, 0.6) is 0 Å². The van der Waals surface area contributed by atoms with Crippen molar-refractivity contribution in [3.63, 3.8) is 0 Å². The average Bonchev–Trinajstić information content (AvgIpc) is 2.91. The Hall–Kier alpha value is -2.14. The number of nitrogens with one attached hydrogen (secondary N) is 2. The number of fused-ring (bicyclic) bond motifs is 1. The monoisotopic (exact) mass is 343 g/mol. The second kappa shape index (κ2) is 5.33. The third-order valence-corrected chi connectivity index (χ3v) is 4.63. The van der Waals surface area contributed by atoms with Crippen LogP contribution in [0, 0.1) is 13.8 Å². The van der Waals surface area contributed by atoms with Crippen LogP contribution in [0.15, 0.2) is 41.1 Å². The summed E-state index contributed by atoms with van der Waals surface area (Å²) in [6.07, 6.45) is 1.62. The van der Waals surface area contributed by atoms with Crippen LogP contribution in [0.2, 0.25) is 0 Å². The summed E-state index contributed by atoms with van der Waals surface area (Å²) in [6, 6.07) is 9.31. The number of carbonyl (C=O) groups excluding carboxylic acids is 1. The lowest BCUT2D eigenvalue weighted by Crippen LogP contribution is -2.12. The number of aromatic nitrogens is 2. The number of rotatable bonds is 2. The predicted octanol–water partition coefficient (Wildman–Crippen LogP) is 4.19. The van der Waals surface area contributed by atoms with Gasteiger partial charge in [-0.3, -0.25) is 4.79 Å². The van der Waals surface area contributed by atoms with Crippen molar-refractivity contribution in [1.82, 2.24) is 9.97 Å². The fourth-order valence-electron chi connectivity index (χ4n) is 2.30. The van der Waals surface area contributed by atoms with E-state index < -0.39 is 0 Å². The third-order valence-electron chi connectivity index (χ3n) is 3.38. The maximum atomic E-state index is 12.3. The molecule has 0 radical (unpaired) electrons. The van der Waals surface area contributed by atoms with Crippen LogP contribution in [0.3, 0.4) is 0 Å². The molecule has 1 amide bonds. The average molecular weight is 344 g/mol. The number of nitrogens with zero attached hydrogens (tertiary/aromatic N) is 1. The Bertz CT molecular complexity index is 815. The summed E-state index contributed by atoms with van der Waals surface area (Å²) in [5.74, 6) is -0.132. The molecular formula is C16H14BrN3O. The SMILES string of the molecule is Cc1cc(NC(=O)c2ccc3nc[nH]c3c2)cc(C)c1Br. The van der Waals surface area contributed by atoms with Gasteiger partial charge in [-0.1, -0.05) is 15.9 Å². The molecule has 0 spiro atoms. The van der Waals surface area contributed by atoms with Crippen molar-refractivity contribution in [3.8, 4) is 0 Å². The molecule has 5 heteroatoms. The number of aromatic amines is 1. The van der Waals surface area contributed by atoms with Crippen molar-refractivity contribution in [1.29, 1.82) is 0 Å². The molecule has 0 saturated carbocycles. The van der Waals surface area contributed by atoms with Gasteiger partial charge in [0.05, 0.1) is 17.4 Å². The molecule has 0 fully saturated rings. The Balaban J connectivity index is 1.88. The van der Waals surface area contributed by atoms with Crippen molar-refractivity contribution < 1.29 is 4.79 Å². The smallest absolute Gasteiger partial charge is 0.255 e. The van der Waals surface area contributed by atoms with E-state index in [1.54, 1.807) is 18.5 Å². The first-order valence-corrected chi connectivity index (χ1v) is 7.35. The Kier molecular flexibility index (Phi) is 3.51. The van der Waals surface area contributed by atoms with Gasteiger partial charge in [-0.15, -0.1) is 0 Å². The predicted molar refractivity (Wildman–Crippen MR) is 87.7 cm³/mol. The summed E-state index contributed by atoms with van der Waals surface area (Å²) >= 11 is 3.52. The summed E-state index contributed by atoms with van der Waals surface area (Å²) in [4.78, 5) is 19.5. The highest BCUT2D eigenvalue weighted by Gasteiger charge is 2.09. The molecule has 0 unspecified atom stereocenters. The lowest BCUT2D eigenvalue weighted by atomic mass is 10.1. The van der Waals surface area contributed by atoms with Gasteiger partial charge in [0.2, 0.25) is 0 Å². The van der Waals surface area contributed by atoms with E-state index >= 15 is 0 Å². The van der Waals surface area contributed by atoms with E-state index in [9.17, 15) is 4.79 Å². The molecular weight excluding hydrogens is 330 g/mol. The lowest BCUT2D eigenvalue weighted by Gasteiger charge is -2.09. The minimum Gasteiger partial charge on any atom is -0.345 e. The first-order chi connectivity index (χ1) is 10.0. The van der Waals surface area contributed by atoms with Crippen LogP contribution in [-0.4, -0.2) is 15.9 Å². The minimum absolute atomic E-state index is 0.132. The normalized spacial score (nSPS) is 10.8. The van der Waals surface area contributed by atoms with E-state index in [1.807, 2.05) is 32.0 Å². The molecule has 0 aliphatic rings. The molecule has 1 heterocycles. The van der Waals surface area contributed by atoms with Gasteiger partial charge < -0.3 is 10.3 Å². The molecule has 0 aliphatic carbocycles. The fraction of sp³-hybridized carbons (Fsp3) is 0.125. The maximum absolute atomic E-state index is 12.3. The van der Waals surface area contributed by atoms with Crippen molar-refractivity contribution in [2.75, 3.05) is 5.32 Å². The third kappa shape index (κ3) is 2.69. The molecule has 2 aromatic carbocycles. The van der Waals surface area contributed by atoms with Crippen LogP contribution in [0.4, 0.5) is 5.69 Å². The number of H-pyrrole nitrogens is 1. The summed E-state index contributed by atoms with van der Waals surface area (Å²) in [7, 11) is 0. The van der Waals surface area contributed by atoms with Gasteiger partial charge in [0.25, 0.3) is 5.91 Å².